The van der Waals surface area contributed by atoms with E-state index in [9.17, 15) is 4.79 Å². The zero-order valence-corrected chi connectivity index (χ0v) is 15.1. The Labute approximate surface area is 153 Å². The summed E-state index contributed by atoms with van der Waals surface area (Å²) in [5.41, 5.74) is 3.78. The summed E-state index contributed by atoms with van der Waals surface area (Å²) in [6.07, 6.45) is 1.80. The Balaban J connectivity index is 1.64. The van der Waals surface area contributed by atoms with Crippen LogP contribution in [0.3, 0.4) is 0 Å². The summed E-state index contributed by atoms with van der Waals surface area (Å²) in [5, 5.41) is 3.41. The summed E-state index contributed by atoms with van der Waals surface area (Å²) in [7, 11) is 0. The second-order valence-corrected chi connectivity index (χ2v) is 6.27. The largest absolute Gasteiger partial charge is 0.489 e. The Bertz CT molecular complexity index is 811. The first-order chi connectivity index (χ1) is 12.1. The molecule has 1 saturated heterocycles. The number of carbonyl (C=O) groups excluding carboxylic acids is 1. The lowest BCUT2D eigenvalue weighted by Gasteiger charge is -2.09. The van der Waals surface area contributed by atoms with Crippen LogP contribution in [-0.4, -0.2) is 22.5 Å². The summed E-state index contributed by atoms with van der Waals surface area (Å²) >= 11 is 5.15. The van der Waals surface area contributed by atoms with Gasteiger partial charge in [0.1, 0.15) is 18.1 Å². The van der Waals surface area contributed by atoms with Gasteiger partial charge in [0.05, 0.1) is 0 Å². The van der Waals surface area contributed by atoms with E-state index in [4.69, 9.17) is 17.0 Å². The van der Waals surface area contributed by atoms with Gasteiger partial charge in [-0.05, 0) is 55.4 Å². The molecule has 2 aromatic rings. The smallest absolute Gasteiger partial charge is 0.276 e. The van der Waals surface area contributed by atoms with E-state index in [1.807, 2.05) is 31.2 Å². The van der Waals surface area contributed by atoms with Gasteiger partial charge >= 0.3 is 0 Å². The molecule has 3 rings (SSSR count). The van der Waals surface area contributed by atoms with Gasteiger partial charge in [-0.2, -0.15) is 0 Å². The first-order valence-corrected chi connectivity index (χ1v) is 8.60. The molecule has 0 aromatic heterocycles. The molecular weight excluding hydrogens is 332 g/mol. The third kappa shape index (κ3) is 4.06. The molecule has 0 atom stereocenters. The third-order valence-corrected chi connectivity index (χ3v) is 4.32. The molecule has 25 heavy (non-hydrogen) atoms. The number of carbonyl (C=O) groups is 1. The number of hydrogen-bond acceptors (Lipinski definition) is 3. The van der Waals surface area contributed by atoms with Crippen LogP contribution >= 0.6 is 12.2 Å². The predicted octanol–water partition coefficient (Wildman–Crippen LogP) is 3.65. The SMILES string of the molecule is CCN1C(=O)/C(=C/c2ccc(OCc3ccc(C)cc3)cc2)NC1=S. The second-order valence-electron chi connectivity index (χ2n) is 5.88. The van der Waals surface area contributed by atoms with Gasteiger partial charge in [0.2, 0.25) is 0 Å². The zero-order chi connectivity index (χ0) is 17.8. The molecule has 0 unspecified atom stereocenters. The van der Waals surface area contributed by atoms with Crippen LogP contribution in [0.4, 0.5) is 0 Å². The van der Waals surface area contributed by atoms with Gasteiger partial charge < -0.3 is 10.1 Å². The minimum absolute atomic E-state index is 0.0906. The molecule has 1 aliphatic rings. The molecule has 1 heterocycles. The minimum Gasteiger partial charge on any atom is -0.489 e. The van der Waals surface area contributed by atoms with Crippen molar-refractivity contribution < 1.29 is 9.53 Å². The summed E-state index contributed by atoms with van der Waals surface area (Å²) in [5.74, 6) is 0.700. The van der Waals surface area contributed by atoms with Crippen molar-refractivity contribution in [2.75, 3.05) is 6.54 Å². The number of rotatable bonds is 5. The standard InChI is InChI=1S/C20H20N2O2S/c1-3-22-19(23)18(21-20(22)25)12-15-8-10-17(11-9-15)24-13-16-6-4-14(2)5-7-16/h4-12H,3,13H2,1-2H3,(H,21,25)/b18-12-. The number of aryl methyl sites for hydroxylation is 1. The highest BCUT2D eigenvalue weighted by molar-refractivity contribution is 7.80. The van der Waals surface area contributed by atoms with Crippen LogP contribution in [0.5, 0.6) is 5.75 Å². The maximum atomic E-state index is 12.2. The molecule has 4 nitrogen and oxygen atoms in total. The molecular formula is C20H20N2O2S. The van der Waals surface area contributed by atoms with Crippen LogP contribution in [0.2, 0.25) is 0 Å². The fourth-order valence-corrected chi connectivity index (χ4v) is 2.86. The lowest BCUT2D eigenvalue weighted by molar-refractivity contribution is -0.122. The second kappa shape index (κ2) is 7.49. The molecule has 2 aromatic carbocycles. The number of nitrogens with zero attached hydrogens (tertiary/aromatic N) is 1. The quantitative estimate of drug-likeness (QED) is 0.659. The van der Waals surface area contributed by atoms with Gasteiger partial charge in [-0.1, -0.05) is 42.0 Å². The van der Waals surface area contributed by atoms with E-state index in [0.717, 1.165) is 16.9 Å². The van der Waals surface area contributed by atoms with Crippen LogP contribution in [0.25, 0.3) is 6.08 Å². The molecule has 1 aliphatic heterocycles. The maximum Gasteiger partial charge on any atom is 0.276 e. The van der Waals surface area contributed by atoms with E-state index in [0.29, 0.717) is 24.0 Å². The van der Waals surface area contributed by atoms with Crippen LogP contribution < -0.4 is 10.1 Å². The van der Waals surface area contributed by atoms with Crippen molar-refractivity contribution >= 4 is 29.3 Å². The van der Waals surface area contributed by atoms with Gasteiger partial charge in [0, 0.05) is 6.54 Å². The van der Waals surface area contributed by atoms with Crippen molar-refractivity contribution in [3.05, 3.63) is 70.9 Å². The van der Waals surface area contributed by atoms with E-state index in [-0.39, 0.29) is 5.91 Å². The summed E-state index contributed by atoms with van der Waals surface area (Å²) in [6, 6.07) is 15.9. The Morgan fingerprint density at radius 3 is 2.40 bits per heavy atom. The van der Waals surface area contributed by atoms with Crippen molar-refractivity contribution in [2.45, 2.75) is 20.5 Å². The first kappa shape index (κ1) is 17.2. The number of ether oxygens (including phenoxy) is 1. The predicted molar refractivity (Wildman–Crippen MR) is 103 cm³/mol. The fraction of sp³-hybridized carbons (Fsp3) is 0.200. The first-order valence-electron chi connectivity index (χ1n) is 8.20. The van der Waals surface area contributed by atoms with Gasteiger partial charge in [-0.3, -0.25) is 9.69 Å². The average Bonchev–Trinajstić information content (AvgIpc) is 2.88. The molecule has 128 valence electrons. The lowest BCUT2D eigenvalue weighted by Crippen LogP contribution is -2.30. The molecule has 0 bridgehead atoms. The van der Waals surface area contributed by atoms with Crippen molar-refractivity contribution in [2.24, 2.45) is 0 Å². The highest BCUT2D eigenvalue weighted by Gasteiger charge is 2.28. The summed E-state index contributed by atoms with van der Waals surface area (Å²) < 4.78 is 5.80. The number of amides is 1. The number of hydrogen-bond donors (Lipinski definition) is 1. The summed E-state index contributed by atoms with van der Waals surface area (Å²) in [4.78, 5) is 13.7. The van der Waals surface area contributed by atoms with Crippen molar-refractivity contribution in [1.29, 1.82) is 0 Å². The molecule has 1 N–H and O–H groups in total. The Kier molecular flexibility index (Phi) is 5.14. The molecule has 1 fully saturated rings. The van der Waals surface area contributed by atoms with E-state index in [1.54, 1.807) is 11.0 Å². The normalized spacial score (nSPS) is 15.6. The van der Waals surface area contributed by atoms with Gasteiger partial charge in [0.25, 0.3) is 5.91 Å². The minimum atomic E-state index is -0.0906. The number of likely N-dealkylation sites (N-methyl/N-ethyl adjacent to an activating group) is 1. The highest BCUT2D eigenvalue weighted by Crippen LogP contribution is 2.18. The van der Waals surface area contributed by atoms with Crippen molar-refractivity contribution in [1.82, 2.24) is 10.2 Å². The topological polar surface area (TPSA) is 41.6 Å². The Hall–Kier alpha value is -2.66. The highest BCUT2D eigenvalue weighted by atomic mass is 32.1. The Morgan fingerprint density at radius 2 is 1.80 bits per heavy atom. The molecule has 5 heteroatoms. The van der Waals surface area contributed by atoms with Crippen molar-refractivity contribution in [3.63, 3.8) is 0 Å². The number of benzene rings is 2. The molecule has 0 aliphatic carbocycles. The number of nitrogens with one attached hydrogen (secondary N) is 1. The third-order valence-electron chi connectivity index (χ3n) is 4.00. The zero-order valence-electron chi connectivity index (χ0n) is 14.3. The van der Waals surface area contributed by atoms with Crippen LogP contribution in [0, 0.1) is 6.92 Å². The maximum absolute atomic E-state index is 12.2. The van der Waals surface area contributed by atoms with E-state index in [1.165, 1.54) is 5.56 Å². The molecule has 1 amide bonds. The average molecular weight is 352 g/mol. The van der Waals surface area contributed by atoms with Crippen molar-refractivity contribution in [3.8, 4) is 5.75 Å². The van der Waals surface area contributed by atoms with Crippen LogP contribution in [-0.2, 0) is 11.4 Å². The van der Waals surface area contributed by atoms with E-state index >= 15 is 0 Å². The fourth-order valence-electron chi connectivity index (χ4n) is 2.54. The van der Waals surface area contributed by atoms with Gasteiger partial charge in [0.15, 0.2) is 5.11 Å². The summed E-state index contributed by atoms with van der Waals surface area (Å²) in [6.45, 7) is 5.05. The van der Waals surface area contributed by atoms with Gasteiger partial charge in [-0.25, -0.2) is 0 Å². The van der Waals surface area contributed by atoms with Gasteiger partial charge in [-0.15, -0.1) is 0 Å². The molecule has 0 radical (unpaired) electrons. The van der Waals surface area contributed by atoms with E-state index < -0.39 is 0 Å². The molecule has 0 spiro atoms. The van der Waals surface area contributed by atoms with Crippen LogP contribution in [0.1, 0.15) is 23.6 Å². The monoisotopic (exact) mass is 352 g/mol. The molecule has 0 saturated carbocycles. The lowest BCUT2D eigenvalue weighted by atomic mass is 10.1. The van der Waals surface area contributed by atoms with Crippen LogP contribution in [0.15, 0.2) is 54.2 Å². The Morgan fingerprint density at radius 1 is 1.12 bits per heavy atom. The van der Waals surface area contributed by atoms with E-state index in [2.05, 4.69) is 36.5 Å². The number of thiocarbonyl (C=S) groups is 1.